The average molecular weight is 328 g/mol. The first kappa shape index (κ1) is 15.5. The highest BCUT2D eigenvalue weighted by Gasteiger charge is 2.17. The van der Waals surface area contributed by atoms with Gasteiger partial charge in [-0.05, 0) is 37.3 Å². The van der Waals surface area contributed by atoms with Gasteiger partial charge in [0.05, 0.1) is 15.6 Å². The Balaban J connectivity index is 2.38. The topological polar surface area (TPSA) is 63.2 Å². The Morgan fingerprint density at radius 2 is 1.90 bits per heavy atom. The number of Topliss-reactive ketones (excluding diaryl/α,β-unsaturated/α-hetero) is 1. The van der Waals surface area contributed by atoms with E-state index in [2.05, 4.69) is 4.72 Å². The highest BCUT2D eigenvalue weighted by molar-refractivity contribution is 7.92. The quantitative estimate of drug-likeness (QED) is 0.874. The van der Waals surface area contributed by atoms with Crippen LogP contribution in [0.5, 0.6) is 0 Å². The summed E-state index contributed by atoms with van der Waals surface area (Å²) in [6.07, 6.45) is 0. The zero-order valence-corrected chi connectivity index (χ0v) is 12.5. The van der Waals surface area contributed by atoms with Crippen LogP contribution in [-0.2, 0) is 10.0 Å². The van der Waals surface area contributed by atoms with Gasteiger partial charge in [0.2, 0.25) is 0 Å². The van der Waals surface area contributed by atoms with Crippen LogP contribution < -0.4 is 4.72 Å². The minimum absolute atomic E-state index is 0.0544. The molecule has 1 N–H and O–H groups in total. The Kier molecular flexibility index (Phi) is 4.29. The molecule has 0 atom stereocenters. The normalized spacial score (nSPS) is 11.2. The monoisotopic (exact) mass is 327 g/mol. The van der Waals surface area contributed by atoms with Gasteiger partial charge in [-0.3, -0.25) is 9.52 Å². The van der Waals surface area contributed by atoms with Crippen LogP contribution in [0, 0.1) is 5.82 Å². The van der Waals surface area contributed by atoms with E-state index in [0.29, 0.717) is 0 Å². The fraction of sp³-hybridized carbons (Fsp3) is 0.0714. The maximum atomic E-state index is 12.9. The van der Waals surface area contributed by atoms with Crippen LogP contribution in [0.3, 0.4) is 0 Å². The van der Waals surface area contributed by atoms with E-state index in [-0.39, 0.29) is 27.0 Å². The average Bonchev–Trinajstić information content (AvgIpc) is 2.42. The van der Waals surface area contributed by atoms with Crippen LogP contribution in [0.25, 0.3) is 0 Å². The smallest absolute Gasteiger partial charge is 0.261 e. The van der Waals surface area contributed by atoms with Crippen molar-refractivity contribution in [2.45, 2.75) is 11.8 Å². The van der Waals surface area contributed by atoms with E-state index >= 15 is 0 Å². The van der Waals surface area contributed by atoms with Gasteiger partial charge in [-0.15, -0.1) is 0 Å². The molecule has 0 aliphatic carbocycles. The summed E-state index contributed by atoms with van der Waals surface area (Å²) in [6, 6.07) is 8.93. The number of hydrogen-bond donors (Lipinski definition) is 1. The summed E-state index contributed by atoms with van der Waals surface area (Å²) in [5, 5.41) is -0.0544. The fourth-order valence-electron chi connectivity index (χ4n) is 1.66. The molecule has 21 heavy (non-hydrogen) atoms. The number of sulfonamides is 1. The molecule has 0 spiro atoms. The van der Waals surface area contributed by atoms with E-state index in [1.807, 2.05) is 0 Å². The van der Waals surface area contributed by atoms with Crippen molar-refractivity contribution >= 4 is 33.1 Å². The van der Waals surface area contributed by atoms with Gasteiger partial charge in [-0.1, -0.05) is 23.7 Å². The molecule has 2 aromatic rings. The van der Waals surface area contributed by atoms with E-state index in [9.17, 15) is 17.6 Å². The molecular formula is C14H11ClFNO3S. The molecule has 0 aromatic heterocycles. The minimum Gasteiger partial charge on any atom is -0.295 e. The standard InChI is InChI=1S/C14H11ClFNO3S/c1-9(18)10-3-2-4-12(7-10)21(19,20)17-14-6-5-11(16)8-13(14)15/h2-8,17H,1H3. The molecule has 7 heteroatoms. The molecule has 2 aromatic carbocycles. The third kappa shape index (κ3) is 3.59. The van der Waals surface area contributed by atoms with Crippen molar-refractivity contribution in [3.8, 4) is 0 Å². The summed E-state index contributed by atoms with van der Waals surface area (Å²) < 4.78 is 39.7. The molecule has 0 aliphatic rings. The molecule has 0 saturated carbocycles. The largest absolute Gasteiger partial charge is 0.295 e. The second-order valence-corrected chi connectivity index (χ2v) is 6.40. The molecule has 0 unspecified atom stereocenters. The highest BCUT2D eigenvalue weighted by Crippen LogP contribution is 2.25. The van der Waals surface area contributed by atoms with E-state index in [4.69, 9.17) is 11.6 Å². The second kappa shape index (κ2) is 5.83. The van der Waals surface area contributed by atoms with Gasteiger partial charge < -0.3 is 0 Å². The van der Waals surface area contributed by atoms with E-state index in [1.165, 1.54) is 37.3 Å². The number of benzene rings is 2. The van der Waals surface area contributed by atoms with Gasteiger partial charge in [-0.25, -0.2) is 12.8 Å². The number of ketones is 1. The van der Waals surface area contributed by atoms with E-state index in [0.717, 1.165) is 12.1 Å². The Morgan fingerprint density at radius 1 is 1.19 bits per heavy atom. The summed E-state index contributed by atoms with van der Waals surface area (Å²) >= 11 is 5.78. The second-order valence-electron chi connectivity index (χ2n) is 4.31. The SMILES string of the molecule is CC(=O)c1cccc(S(=O)(=O)Nc2ccc(F)cc2Cl)c1. The Bertz CT molecular complexity index is 806. The van der Waals surface area contributed by atoms with Crippen LogP contribution in [-0.4, -0.2) is 14.2 Å². The van der Waals surface area contributed by atoms with Gasteiger partial charge in [-0.2, -0.15) is 0 Å². The molecule has 0 fully saturated rings. The van der Waals surface area contributed by atoms with Gasteiger partial charge in [0, 0.05) is 5.56 Å². The van der Waals surface area contributed by atoms with Gasteiger partial charge in [0.25, 0.3) is 10.0 Å². The van der Waals surface area contributed by atoms with Crippen LogP contribution in [0.15, 0.2) is 47.4 Å². The predicted octanol–water partition coefficient (Wildman–Crippen LogP) is 3.48. The van der Waals surface area contributed by atoms with Crippen LogP contribution in [0.2, 0.25) is 5.02 Å². The summed E-state index contributed by atoms with van der Waals surface area (Å²) in [6.45, 7) is 1.34. The van der Waals surface area contributed by atoms with Crippen molar-refractivity contribution < 1.29 is 17.6 Å². The molecule has 2 rings (SSSR count). The molecule has 0 radical (unpaired) electrons. The lowest BCUT2D eigenvalue weighted by molar-refractivity contribution is 0.101. The molecule has 0 saturated heterocycles. The van der Waals surface area contributed by atoms with Gasteiger partial charge in [0.1, 0.15) is 5.82 Å². The maximum absolute atomic E-state index is 12.9. The van der Waals surface area contributed by atoms with Crippen LogP contribution in [0.1, 0.15) is 17.3 Å². The summed E-state index contributed by atoms with van der Waals surface area (Å²) in [7, 11) is -3.91. The van der Waals surface area contributed by atoms with Crippen molar-refractivity contribution in [2.75, 3.05) is 4.72 Å². The van der Waals surface area contributed by atoms with E-state index in [1.54, 1.807) is 0 Å². The molecule has 0 aliphatic heterocycles. The zero-order chi connectivity index (χ0) is 15.6. The van der Waals surface area contributed by atoms with Crippen molar-refractivity contribution in [1.29, 1.82) is 0 Å². The number of nitrogens with one attached hydrogen (secondary N) is 1. The third-order valence-electron chi connectivity index (χ3n) is 2.73. The molecular weight excluding hydrogens is 317 g/mol. The molecule has 0 bridgehead atoms. The number of carbonyl (C=O) groups excluding carboxylic acids is 1. The van der Waals surface area contributed by atoms with Crippen molar-refractivity contribution in [3.05, 3.63) is 58.9 Å². The summed E-state index contributed by atoms with van der Waals surface area (Å²) in [5.74, 6) is -0.812. The fourth-order valence-corrected chi connectivity index (χ4v) is 3.05. The maximum Gasteiger partial charge on any atom is 0.261 e. The van der Waals surface area contributed by atoms with Gasteiger partial charge in [0.15, 0.2) is 5.78 Å². The molecule has 4 nitrogen and oxygen atoms in total. The first-order valence-electron chi connectivity index (χ1n) is 5.88. The lowest BCUT2D eigenvalue weighted by Gasteiger charge is -2.10. The number of hydrogen-bond acceptors (Lipinski definition) is 3. The lowest BCUT2D eigenvalue weighted by Crippen LogP contribution is -2.14. The highest BCUT2D eigenvalue weighted by atomic mass is 35.5. The van der Waals surface area contributed by atoms with Crippen molar-refractivity contribution in [2.24, 2.45) is 0 Å². The molecule has 0 amide bonds. The molecule has 0 heterocycles. The third-order valence-corrected chi connectivity index (χ3v) is 4.40. The number of halogens is 2. The Morgan fingerprint density at radius 3 is 2.52 bits per heavy atom. The predicted molar refractivity (Wildman–Crippen MR) is 78.7 cm³/mol. The van der Waals surface area contributed by atoms with Crippen molar-refractivity contribution in [3.63, 3.8) is 0 Å². The number of rotatable bonds is 4. The van der Waals surface area contributed by atoms with E-state index < -0.39 is 15.8 Å². The van der Waals surface area contributed by atoms with Crippen LogP contribution >= 0.6 is 11.6 Å². The lowest BCUT2D eigenvalue weighted by atomic mass is 10.2. The van der Waals surface area contributed by atoms with Gasteiger partial charge >= 0.3 is 0 Å². The Hall–Kier alpha value is -1.92. The number of anilines is 1. The van der Waals surface area contributed by atoms with Crippen molar-refractivity contribution in [1.82, 2.24) is 0 Å². The summed E-state index contributed by atoms with van der Waals surface area (Å²) in [4.78, 5) is 11.2. The zero-order valence-electron chi connectivity index (χ0n) is 10.9. The van der Waals surface area contributed by atoms with Crippen LogP contribution in [0.4, 0.5) is 10.1 Å². The first-order chi connectivity index (χ1) is 9.79. The minimum atomic E-state index is -3.91. The molecule has 110 valence electrons. The summed E-state index contributed by atoms with van der Waals surface area (Å²) in [5.41, 5.74) is 0.342. The number of carbonyl (C=O) groups is 1. The Labute approximate surface area is 126 Å². The first-order valence-corrected chi connectivity index (χ1v) is 7.74.